The molecule has 0 aliphatic rings. The lowest BCUT2D eigenvalue weighted by molar-refractivity contribution is -0.120. The molecule has 3 rings (SSSR count). The van der Waals surface area contributed by atoms with Crippen molar-refractivity contribution in [3.05, 3.63) is 70.9 Å². The Morgan fingerprint density at radius 3 is 2.43 bits per heavy atom. The van der Waals surface area contributed by atoms with Gasteiger partial charge in [-0.1, -0.05) is 35.9 Å². The van der Waals surface area contributed by atoms with Gasteiger partial charge in [-0.2, -0.15) is 0 Å². The van der Waals surface area contributed by atoms with Crippen molar-refractivity contribution in [1.29, 1.82) is 0 Å². The maximum Gasteiger partial charge on any atom is 0.224 e. The minimum absolute atomic E-state index is 0.0777. The molecule has 3 aromatic rings. The van der Waals surface area contributed by atoms with Crippen LogP contribution in [0.15, 0.2) is 54.7 Å². The van der Waals surface area contributed by atoms with Crippen LogP contribution in [0.4, 0.5) is 17.5 Å². The number of nitrogens with zero attached hydrogens (tertiary/aromatic N) is 3. The van der Waals surface area contributed by atoms with Crippen LogP contribution < -0.4 is 16.0 Å². The van der Waals surface area contributed by atoms with Crippen molar-refractivity contribution in [2.45, 2.75) is 13.3 Å². The van der Waals surface area contributed by atoms with Crippen molar-refractivity contribution in [2.75, 3.05) is 23.7 Å². The predicted octanol–water partition coefficient (Wildman–Crippen LogP) is 3.35. The molecular weight excluding hydrogens is 376 g/mol. The van der Waals surface area contributed by atoms with Crippen LogP contribution >= 0.6 is 11.6 Å². The summed E-state index contributed by atoms with van der Waals surface area (Å²) in [5.74, 6) is 1.87. The Kier molecular flexibility index (Phi) is 6.75. The molecular formula is C20H21ClN6O. The van der Waals surface area contributed by atoms with Gasteiger partial charge in [-0.3, -0.25) is 4.79 Å². The van der Waals surface area contributed by atoms with Gasteiger partial charge in [-0.25, -0.2) is 4.98 Å². The van der Waals surface area contributed by atoms with Gasteiger partial charge in [-0.15, -0.1) is 10.2 Å². The van der Waals surface area contributed by atoms with Gasteiger partial charge in [0.05, 0.1) is 6.42 Å². The van der Waals surface area contributed by atoms with E-state index in [0.29, 0.717) is 35.6 Å². The zero-order valence-corrected chi connectivity index (χ0v) is 16.2. The lowest BCUT2D eigenvalue weighted by Crippen LogP contribution is -2.30. The van der Waals surface area contributed by atoms with E-state index in [9.17, 15) is 4.79 Å². The summed E-state index contributed by atoms with van der Waals surface area (Å²) in [7, 11) is 0. The molecule has 0 bridgehead atoms. The summed E-state index contributed by atoms with van der Waals surface area (Å²) in [5.41, 5.74) is 1.90. The normalized spacial score (nSPS) is 10.4. The summed E-state index contributed by atoms with van der Waals surface area (Å²) in [6.07, 6.45) is 2.04. The number of carbonyl (C=O) groups is 1. The number of aryl methyl sites for hydroxylation is 1. The summed E-state index contributed by atoms with van der Waals surface area (Å²) >= 11 is 6.06. The summed E-state index contributed by atoms with van der Waals surface area (Å²) in [4.78, 5) is 16.2. The second-order valence-corrected chi connectivity index (χ2v) is 6.60. The van der Waals surface area contributed by atoms with Crippen LogP contribution in [0.25, 0.3) is 0 Å². The highest BCUT2D eigenvalue weighted by atomic mass is 35.5. The highest BCUT2D eigenvalue weighted by Gasteiger charge is 2.06. The molecule has 0 atom stereocenters. The number of hydrogen-bond acceptors (Lipinski definition) is 6. The van der Waals surface area contributed by atoms with Crippen molar-refractivity contribution >= 4 is 35.0 Å². The smallest absolute Gasteiger partial charge is 0.224 e. The van der Waals surface area contributed by atoms with Gasteiger partial charge in [0.2, 0.25) is 5.91 Å². The minimum atomic E-state index is -0.0777. The van der Waals surface area contributed by atoms with Gasteiger partial charge in [0.15, 0.2) is 5.82 Å². The molecule has 0 radical (unpaired) electrons. The van der Waals surface area contributed by atoms with Gasteiger partial charge in [0.1, 0.15) is 11.6 Å². The molecule has 0 fully saturated rings. The first kappa shape index (κ1) is 19.6. The van der Waals surface area contributed by atoms with Crippen LogP contribution in [0.3, 0.4) is 0 Å². The van der Waals surface area contributed by atoms with E-state index in [0.717, 1.165) is 11.1 Å². The van der Waals surface area contributed by atoms with Crippen molar-refractivity contribution in [1.82, 2.24) is 20.5 Å². The molecule has 1 aromatic carbocycles. The molecule has 0 aliphatic heterocycles. The van der Waals surface area contributed by atoms with E-state index in [4.69, 9.17) is 11.6 Å². The summed E-state index contributed by atoms with van der Waals surface area (Å²) in [5, 5.41) is 17.9. The molecule has 1 amide bonds. The number of benzene rings is 1. The third kappa shape index (κ3) is 5.92. The number of rotatable bonds is 8. The minimum Gasteiger partial charge on any atom is -0.367 e. The second kappa shape index (κ2) is 9.66. The van der Waals surface area contributed by atoms with Crippen LogP contribution in [0, 0.1) is 6.92 Å². The Morgan fingerprint density at radius 1 is 0.964 bits per heavy atom. The Bertz CT molecular complexity index is 915. The van der Waals surface area contributed by atoms with Crippen molar-refractivity contribution in [2.24, 2.45) is 0 Å². The number of pyridine rings is 1. The van der Waals surface area contributed by atoms with Crippen LogP contribution in [-0.2, 0) is 11.2 Å². The fourth-order valence-corrected chi connectivity index (χ4v) is 2.64. The number of carbonyl (C=O) groups excluding carboxylic acids is 1. The fourth-order valence-electron chi connectivity index (χ4n) is 2.44. The first-order valence-corrected chi connectivity index (χ1v) is 9.25. The zero-order chi connectivity index (χ0) is 19.8. The Hall–Kier alpha value is -3.19. The average Bonchev–Trinajstić information content (AvgIpc) is 2.70. The Morgan fingerprint density at radius 2 is 1.71 bits per heavy atom. The third-order valence-corrected chi connectivity index (χ3v) is 4.26. The first-order chi connectivity index (χ1) is 13.6. The molecule has 0 aliphatic carbocycles. The van der Waals surface area contributed by atoms with Crippen molar-refractivity contribution < 1.29 is 4.79 Å². The molecule has 2 heterocycles. The zero-order valence-electron chi connectivity index (χ0n) is 15.4. The van der Waals surface area contributed by atoms with Crippen LogP contribution in [0.1, 0.15) is 11.1 Å². The highest BCUT2D eigenvalue weighted by Crippen LogP contribution is 2.15. The molecule has 0 spiro atoms. The average molecular weight is 397 g/mol. The van der Waals surface area contributed by atoms with Crippen molar-refractivity contribution in [3.63, 3.8) is 0 Å². The van der Waals surface area contributed by atoms with Gasteiger partial charge in [0.25, 0.3) is 0 Å². The van der Waals surface area contributed by atoms with E-state index in [1.54, 1.807) is 12.3 Å². The highest BCUT2D eigenvalue weighted by molar-refractivity contribution is 6.31. The number of hydrogen-bond donors (Lipinski definition) is 3. The number of aromatic nitrogens is 3. The number of halogens is 1. The number of anilines is 3. The maximum atomic E-state index is 12.0. The molecule has 3 N–H and O–H groups in total. The van der Waals surface area contributed by atoms with Gasteiger partial charge < -0.3 is 16.0 Å². The van der Waals surface area contributed by atoms with Gasteiger partial charge >= 0.3 is 0 Å². The standard InChI is InChI=1S/C20H21ClN6O/c1-14-6-7-17(24-13-14)25-19-9-8-18(26-27-19)22-10-11-23-20(28)12-15-4-2-3-5-16(15)21/h2-9,13H,10-12H2,1H3,(H,22,26)(H,23,28)(H,24,25,27). The number of amides is 1. The summed E-state index contributed by atoms with van der Waals surface area (Å²) in [6, 6.07) is 14.8. The lowest BCUT2D eigenvalue weighted by Gasteiger charge is -2.09. The largest absolute Gasteiger partial charge is 0.367 e. The van der Waals surface area contributed by atoms with E-state index in [1.165, 1.54) is 0 Å². The van der Waals surface area contributed by atoms with Gasteiger partial charge in [-0.05, 0) is 42.3 Å². The predicted molar refractivity (Wildman–Crippen MR) is 111 cm³/mol. The molecule has 2 aromatic heterocycles. The first-order valence-electron chi connectivity index (χ1n) is 8.87. The van der Waals surface area contributed by atoms with Crippen LogP contribution in [-0.4, -0.2) is 34.2 Å². The van der Waals surface area contributed by atoms with E-state index in [1.807, 2.05) is 49.4 Å². The Balaban J connectivity index is 1.39. The van der Waals surface area contributed by atoms with Crippen LogP contribution in [0.2, 0.25) is 5.02 Å². The molecule has 8 heteroatoms. The fraction of sp³-hybridized carbons (Fsp3) is 0.200. The van der Waals surface area contributed by atoms with E-state index in [2.05, 4.69) is 31.1 Å². The molecule has 0 unspecified atom stereocenters. The Labute approximate surface area is 168 Å². The molecule has 0 saturated heterocycles. The topological polar surface area (TPSA) is 91.8 Å². The number of nitrogens with one attached hydrogen (secondary N) is 3. The van der Waals surface area contributed by atoms with Crippen molar-refractivity contribution in [3.8, 4) is 0 Å². The van der Waals surface area contributed by atoms with E-state index < -0.39 is 0 Å². The molecule has 7 nitrogen and oxygen atoms in total. The quantitative estimate of drug-likeness (QED) is 0.506. The molecule has 28 heavy (non-hydrogen) atoms. The summed E-state index contributed by atoms with van der Waals surface area (Å²) < 4.78 is 0. The van der Waals surface area contributed by atoms with E-state index >= 15 is 0 Å². The third-order valence-electron chi connectivity index (χ3n) is 3.89. The molecule has 0 saturated carbocycles. The monoisotopic (exact) mass is 396 g/mol. The second-order valence-electron chi connectivity index (χ2n) is 6.19. The maximum absolute atomic E-state index is 12.0. The van der Waals surface area contributed by atoms with Gasteiger partial charge in [0, 0.05) is 24.3 Å². The summed E-state index contributed by atoms with van der Waals surface area (Å²) in [6.45, 7) is 2.99. The SMILES string of the molecule is Cc1ccc(Nc2ccc(NCCNC(=O)Cc3ccccc3Cl)nn2)nc1. The molecule has 144 valence electrons. The van der Waals surface area contributed by atoms with E-state index in [-0.39, 0.29) is 12.3 Å². The lowest BCUT2D eigenvalue weighted by atomic mass is 10.1. The van der Waals surface area contributed by atoms with Crippen LogP contribution in [0.5, 0.6) is 0 Å².